The summed E-state index contributed by atoms with van der Waals surface area (Å²) < 4.78 is 0. The summed E-state index contributed by atoms with van der Waals surface area (Å²) in [5.41, 5.74) is 7.94. The number of carbonyl (C=O) groups excluding carboxylic acids is 1. The summed E-state index contributed by atoms with van der Waals surface area (Å²) in [6, 6.07) is 19.2. The molecule has 0 bridgehead atoms. The Morgan fingerprint density at radius 2 is 1.58 bits per heavy atom. The van der Waals surface area contributed by atoms with Gasteiger partial charge in [-0.3, -0.25) is 4.79 Å². The first-order chi connectivity index (χ1) is 9.25. The fraction of sp³-hybridized carbons (Fsp3) is 0.188. The van der Waals surface area contributed by atoms with Crippen molar-refractivity contribution in [1.82, 2.24) is 0 Å². The first-order valence-corrected chi connectivity index (χ1v) is 6.41. The van der Waals surface area contributed by atoms with Crippen LogP contribution in [0.5, 0.6) is 0 Å². The highest BCUT2D eigenvalue weighted by Crippen LogP contribution is 2.15. The summed E-state index contributed by atoms with van der Waals surface area (Å²) in [7, 11) is 0. The molecule has 0 saturated carbocycles. The summed E-state index contributed by atoms with van der Waals surface area (Å²) in [5.74, 6) is -0.00224. The third-order valence-electron chi connectivity index (χ3n) is 2.97. The predicted octanol–water partition coefficient (Wildman–Crippen LogP) is 3.11. The fourth-order valence-corrected chi connectivity index (χ4v) is 1.90. The first kappa shape index (κ1) is 13.3. The molecule has 98 valence electrons. The normalized spacial score (nSPS) is 11.8. The minimum atomic E-state index is -0.0947. The van der Waals surface area contributed by atoms with Gasteiger partial charge >= 0.3 is 0 Å². The molecule has 2 rings (SSSR count). The molecule has 0 heterocycles. The van der Waals surface area contributed by atoms with Gasteiger partial charge in [-0.1, -0.05) is 48.5 Å². The standard InChI is InChI=1S/C16H18N2O/c17-15(13-7-3-1-4-8-13)11-12-16(19)18-14-9-5-2-6-10-14/h1-10,15H,11-12,17H2,(H,18,19). The Kier molecular flexibility index (Phi) is 4.70. The van der Waals surface area contributed by atoms with Crippen molar-refractivity contribution in [2.75, 3.05) is 5.32 Å². The van der Waals surface area contributed by atoms with E-state index in [2.05, 4.69) is 5.32 Å². The molecule has 1 atom stereocenters. The Balaban J connectivity index is 1.81. The SMILES string of the molecule is NC(CCC(=O)Nc1ccccc1)c1ccccc1. The highest BCUT2D eigenvalue weighted by Gasteiger charge is 2.08. The van der Waals surface area contributed by atoms with Crippen molar-refractivity contribution < 1.29 is 4.79 Å². The van der Waals surface area contributed by atoms with Crippen LogP contribution in [0, 0.1) is 0 Å². The van der Waals surface area contributed by atoms with Gasteiger partial charge in [-0.2, -0.15) is 0 Å². The topological polar surface area (TPSA) is 55.1 Å². The summed E-state index contributed by atoms with van der Waals surface area (Å²) in [6.07, 6.45) is 1.06. The fourth-order valence-electron chi connectivity index (χ4n) is 1.90. The molecule has 0 saturated heterocycles. The average Bonchev–Trinajstić information content (AvgIpc) is 2.47. The Bertz CT molecular complexity index is 511. The Morgan fingerprint density at radius 3 is 2.21 bits per heavy atom. The van der Waals surface area contributed by atoms with E-state index >= 15 is 0 Å². The zero-order valence-electron chi connectivity index (χ0n) is 10.8. The minimum Gasteiger partial charge on any atom is -0.326 e. The molecule has 0 spiro atoms. The van der Waals surface area contributed by atoms with Gasteiger partial charge in [-0.15, -0.1) is 0 Å². The number of hydrogen-bond acceptors (Lipinski definition) is 2. The van der Waals surface area contributed by atoms with Crippen LogP contribution in [-0.4, -0.2) is 5.91 Å². The molecule has 2 aromatic carbocycles. The first-order valence-electron chi connectivity index (χ1n) is 6.41. The van der Waals surface area contributed by atoms with Crippen molar-refractivity contribution in [2.24, 2.45) is 5.73 Å². The van der Waals surface area contributed by atoms with Gasteiger partial charge < -0.3 is 11.1 Å². The number of hydrogen-bond donors (Lipinski definition) is 2. The predicted molar refractivity (Wildman–Crippen MR) is 77.7 cm³/mol. The number of amides is 1. The van der Waals surface area contributed by atoms with E-state index in [9.17, 15) is 4.79 Å². The lowest BCUT2D eigenvalue weighted by Crippen LogP contribution is -2.16. The van der Waals surface area contributed by atoms with Crippen LogP contribution >= 0.6 is 0 Å². The van der Waals surface area contributed by atoms with Gasteiger partial charge in [0.05, 0.1) is 0 Å². The molecule has 1 unspecified atom stereocenters. The van der Waals surface area contributed by atoms with Gasteiger partial charge in [-0.25, -0.2) is 0 Å². The highest BCUT2D eigenvalue weighted by atomic mass is 16.1. The molecule has 19 heavy (non-hydrogen) atoms. The molecule has 1 amide bonds. The molecular weight excluding hydrogens is 236 g/mol. The molecule has 0 aliphatic heterocycles. The number of para-hydroxylation sites is 1. The molecule has 0 radical (unpaired) electrons. The highest BCUT2D eigenvalue weighted by molar-refractivity contribution is 5.90. The molecule has 0 fully saturated rings. The molecule has 0 aliphatic rings. The Labute approximate surface area is 113 Å². The van der Waals surface area contributed by atoms with Crippen LogP contribution in [0.4, 0.5) is 5.69 Å². The van der Waals surface area contributed by atoms with Crippen molar-refractivity contribution in [1.29, 1.82) is 0 Å². The quantitative estimate of drug-likeness (QED) is 0.861. The Morgan fingerprint density at radius 1 is 1.00 bits per heavy atom. The van der Waals surface area contributed by atoms with Crippen LogP contribution in [0.2, 0.25) is 0 Å². The van der Waals surface area contributed by atoms with Crippen LogP contribution in [0.1, 0.15) is 24.4 Å². The number of nitrogens with one attached hydrogen (secondary N) is 1. The van der Waals surface area contributed by atoms with Crippen molar-refractivity contribution in [2.45, 2.75) is 18.9 Å². The summed E-state index contributed by atoms with van der Waals surface area (Å²) in [6.45, 7) is 0. The smallest absolute Gasteiger partial charge is 0.224 e. The second-order valence-electron chi connectivity index (χ2n) is 4.47. The van der Waals surface area contributed by atoms with Gasteiger partial charge in [0.25, 0.3) is 0 Å². The van der Waals surface area contributed by atoms with Crippen LogP contribution in [0.3, 0.4) is 0 Å². The molecule has 0 aromatic heterocycles. The van der Waals surface area contributed by atoms with E-state index in [4.69, 9.17) is 5.73 Å². The molecule has 2 aromatic rings. The third kappa shape index (κ3) is 4.23. The van der Waals surface area contributed by atoms with E-state index in [1.54, 1.807) is 0 Å². The monoisotopic (exact) mass is 254 g/mol. The van der Waals surface area contributed by atoms with Crippen LogP contribution in [-0.2, 0) is 4.79 Å². The molecule has 3 nitrogen and oxygen atoms in total. The van der Waals surface area contributed by atoms with E-state index in [-0.39, 0.29) is 11.9 Å². The van der Waals surface area contributed by atoms with E-state index < -0.39 is 0 Å². The van der Waals surface area contributed by atoms with E-state index in [0.717, 1.165) is 11.3 Å². The van der Waals surface area contributed by atoms with Crippen molar-refractivity contribution in [3.63, 3.8) is 0 Å². The van der Waals surface area contributed by atoms with E-state index in [0.29, 0.717) is 12.8 Å². The second-order valence-corrected chi connectivity index (χ2v) is 4.47. The van der Waals surface area contributed by atoms with Crippen molar-refractivity contribution in [3.05, 3.63) is 66.2 Å². The average molecular weight is 254 g/mol. The van der Waals surface area contributed by atoms with Gasteiger partial charge in [0.1, 0.15) is 0 Å². The number of nitrogens with two attached hydrogens (primary N) is 1. The van der Waals surface area contributed by atoms with E-state index in [1.165, 1.54) is 0 Å². The number of carbonyl (C=O) groups is 1. The lowest BCUT2D eigenvalue weighted by molar-refractivity contribution is -0.116. The number of anilines is 1. The minimum absolute atomic E-state index is 0.00224. The maximum atomic E-state index is 11.8. The lowest BCUT2D eigenvalue weighted by Gasteiger charge is -2.11. The Hall–Kier alpha value is -2.13. The van der Waals surface area contributed by atoms with Crippen LogP contribution in [0.15, 0.2) is 60.7 Å². The third-order valence-corrected chi connectivity index (χ3v) is 2.97. The zero-order valence-corrected chi connectivity index (χ0v) is 10.8. The maximum Gasteiger partial charge on any atom is 0.224 e. The van der Waals surface area contributed by atoms with Gasteiger partial charge in [0, 0.05) is 18.2 Å². The second kappa shape index (κ2) is 6.71. The van der Waals surface area contributed by atoms with Gasteiger partial charge in [-0.05, 0) is 24.1 Å². The zero-order chi connectivity index (χ0) is 13.5. The summed E-state index contributed by atoms with van der Waals surface area (Å²) in [5, 5.41) is 2.85. The van der Waals surface area contributed by atoms with Gasteiger partial charge in [0.2, 0.25) is 5.91 Å². The van der Waals surface area contributed by atoms with Crippen LogP contribution in [0.25, 0.3) is 0 Å². The number of benzene rings is 2. The molecule has 0 aliphatic carbocycles. The van der Waals surface area contributed by atoms with E-state index in [1.807, 2.05) is 60.7 Å². The molecular formula is C16H18N2O. The summed E-state index contributed by atoms with van der Waals surface area (Å²) in [4.78, 5) is 11.8. The number of rotatable bonds is 5. The summed E-state index contributed by atoms with van der Waals surface area (Å²) >= 11 is 0. The molecule has 3 N–H and O–H groups in total. The lowest BCUT2D eigenvalue weighted by atomic mass is 10.0. The van der Waals surface area contributed by atoms with Crippen molar-refractivity contribution >= 4 is 11.6 Å². The van der Waals surface area contributed by atoms with Crippen molar-refractivity contribution in [3.8, 4) is 0 Å². The molecule has 3 heteroatoms. The largest absolute Gasteiger partial charge is 0.326 e. The van der Waals surface area contributed by atoms with Crippen LogP contribution < -0.4 is 11.1 Å². The maximum absolute atomic E-state index is 11.8. The van der Waals surface area contributed by atoms with Gasteiger partial charge in [0.15, 0.2) is 0 Å².